The molecule has 3 aliphatic rings. The van der Waals surface area contributed by atoms with Gasteiger partial charge in [0.1, 0.15) is 16.7 Å². The van der Waals surface area contributed by atoms with E-state index in [0.717, 1.165) is 51.4 Å². The van der Waals surface area contributed by atoms with Crippen LogP contribution in [0.15, 0.2) is 23.1 Å². The highest BCUT2D eigenvalue weighted by Crippen LogP contribution is 2.41. The molecule has 4 rings (SSSR count). The number of nitrogens with zero attached hydrogens (tertiary/aromatic N) is 2. The van der Waals surface area contributed by atoms with Crippen molar-refractivity contribution in [1.29, 1.82) is 0 Å². The van der Waals surface area contributed by atoms with E-state index in [1.165, 1.54) is 24.6 Å². The van der Waals surface area contributed by atoms with Crippen molar-refractivity contribution in [3.8, 4) is 5.75 Å². The number of hydrogen-bond acceptors (Lipinski definition) is 6. The molecule has 3 fully saturated rings. The van der Waals surface area contributed by atoms with E-state index in [-0.39, 0.29) is 34.1 Å². The number of likely N-dealkylation sites (tertiary alicyclic amines) is 1. The molecule has 0 spiro atoms. The summed E-state index contributed by atoms with van der Waals surface area (Å²) < 4.78 is 38.9. The molecule has 1 amide bonds. The van der Waals surface area contributed by atoms with Gasteiger partial charge in [0.15, 0.2) is 0 Å². The summed E-state index contributed by atoms with van der Waals surface area (Å²) >= 11 is 0. The lowest BCUT2D eigenvalue weighted by Gasteiger charge is -2.33. The maximum absolute atomic E-state index is 13.7. The summed E-state index contributed by atoms with van der Waals surface area (Å²) in [6.45, 7) is 0.925. The maximum atomic E-state index is 13.7. The summed E-state index contributed by atoms with van der Waals surface area (Å²) in [7, 11) is -1.05. The average molecular weight is 479 g/mol. The molecule has 1 aromatic carbocycles. The van der Waals surface area contributed by atoms with E-state index in [2.05, 4.69) is 0 Å². The molecule has 1 aliphatic carbocycles. The Morgan fingerprint density at radius 1 is 0.970 bits per heavy atom. The molecule has 0 radical (unpaired) electrons. The van der Waals surface area contributed by atoms with Crippen LogP contribution in [0.25, 0.3) is 0 Å². The van der Waals surface area contributed by atoms with Gasteiger partial charge < -0.3 is 14.4 Å². The summed E-state index contributed by atoms with van der Waals surface area (Å²) in [5, 5.41) is 0. The van der Waals surface area contributed by atoms with Crippen LogP contribution in [0.1, 0.15) is 68.1 Å². The van der Waals surface area contributed by atoms with Gasteiger partial charge in [-0.05, 0) is 56.2 Å². The second kappa shape index (κ2) is 10.0. The van der Waals surface area contributed by atoms with Gasteiger partial charge in [-0.1, -0.05) is 25.7 Å². The second-order valence-electron chi connectivity index (χ2n) is 9.28. The van der Waals surface area contributed by atoms with Crippen LogP contribution in [0, 0.1) is 5.92 Å². The number of hydrogen-bond donors (Lipinski definition) is 0. The zero-order valence-corrected chi connectivity index (χ0v) is 20.3. The van der Waals surface area contributed by atoms with Gasteiger partial charge in [0.25, 0.3) is 5.91 Å². The van der Waals surface area contributed by atoms with Crippen molar-refractivity contribution < 1.29 is 27.5 Å². The molecule has 2 saturated heterocycles. The van der Waals surface area contributed by atoms with Gasteiger partial charge in [0, 0.05) is 24.7 Å². The minimum absolute atomic E-state index is 0.00626. The third kappa shape index (κ3) is 4.62. The number of carbonyl (C=O) groups is 2. The van der Waals surface area contributed by atoms with Crippen LogP contribution >= 0.6 is 0 Å². The van der Waals surface area contributed by atoms with Crippen molar-refractivity contribution in [2.45, 2.75) is 74.8 Å². The highest BCUT2D eigenvalue weighted by atomic mass is 32.2. The Morgan fingerprint density at radius 3 is 2.33 bits per heavy atom. The first-order chi connectivity index (χ1) is 15.9. The van der Waals surface area contributed by atoms with Crippen molar-refractivity contribution >= 4 is 21.9 Å². The fraction of sp³-hybridized carbons (Fsp3) is 0.667. The zero-order valence-electron chi connectivity index (χ0n) is 19.5. The molecule has 1 saturated carbocycles. The Morgan fingerprint density at radius 2 is 1.67 bits per heavy atom. The van der Waals surface area contributed by atoms with E-state index in [1.807, 2.05) is 0 Å². The topological polar surface area (TPSA) is 93.2 Å². The number of fused-ring (bicyclic) bond motifs is 1. The van der Waals surface area contributed by atoms with E-state index in [9.17, 15) is 18.0 Å². The first-order valence-corrected chi connectivity index (χ1v) is 13.4. The van der Waals surface area contributed by atoms with Gasteiger partial charge in [-0.25, -0.2) is 13.2 Å². The van der Waals surface area contributed by atoms with Crippen LogP contribution in [0.2, 0.25) is 0 Å². The normalized spacial score (nSPS) is 26.4. The van der Waals surface area contributed by atoms with Crippen LogP contribution in [0.5, 0.6) is 5.75 Å². The standard InChI is InChI=1S/C24H34N2O6S/c1-31-21-12-11-18(16-22(21)33(29,30)25-13-7-3-4-8-14-25)23(27)26-19-10-6-5-9-17(19)15-20(26)24(28)32-2/h11-12,16-17,19-20H,3-10,13-15H2,1-2H3/t17-,19-,20-/m0/s1. The predicted molar refractivity (Wildman–Crippen MR) is 123 cm³/mol. The number of carbonyl (C=O) groups excluding carboxylic acids is 2. The number of ether oxygens (including phenoxy) is 2. The molecule has 2 heterocycles. The monoisotopic (exact) mass is 478 g/mol. The van der Waals surface area contributed by atoms with Crippen molar-refractivity contribution in [3.63, 3.8) is 0 Å². The number of esters is 1. The molecule has 0 N–H and O–H groups in total. The van der Waals surface area contributed by atoms with E-state index in [4.69, 9.17) is 9.47 Å². The van der Waals surface area contributed by atoms with Gasteiger partial charge in [-0.15, -0.1) is 0 Å². The van der Waals surface area contributed by atoms with Gasteiger partial charge >= 0.3 is 5.97 Å². The number of rotatable bonds is 5. The number of methoxy groups -OCH3 is 2. The Labute approximate surface area is 196 Å². The van der Waals surface area contributed by atoms with Crippen LogP contribution in [-0.2, 0) is 19.6 Å². The molecule has 8 nitrogen and oxygen atoms in total. The van der Waals surface area contributed by atoms with E-state index >= 15 is 0 Å². The van der Waals surface area contributed by atoms with Crippen LogP contribution < -0.4 is 4.74 Å². The van der Waals surface area contributed by atoms with Crippen LogP contribution in [0.4, 0.5) is 0 Å². The quantitative estimate of drug-likeness (QED) is 0.604. The predicted octanol–water partition coefficient (Wildman–Crippen LogP) is 3.21. The molecule has 9 heteroatoms. The fourth-order valence-corrected chi connectivity index (χ4v) is 7.38. The highest BCUT2D eigenvalue weighted by molar-refractivity contribution is 7.89. The number of amides is 1. The van der Waals surface area contributed by atoms with E-state index in [1.54, 1.807) is 17.0 Å². The largest absolute Gasteiger partial charge is 0.495 e. The molecule has 2 aliphatic heterocycles. The lowest BCUT2D eigenvalue weighted by molar-refractivity contribution is -0.145. The minimum Gasteiger partial charge on any atom is -0.495 e. The summed E-state index contributed by atoms with van der Waals surface area (Å²) in [6, 6.07) is 3.89. The smallest absolute Gasteiger partial charge is 0.328 e. The maximum Gasteiger partial charge on any atom is 0.328 e. The lowest BCUT2D eigenvalue weighted by atomic mass is 9.84. The first-order valence-electron chi connectivity index (χ1n) is 12.0. The number of benzene rings is 1. The average Bonchev–Trinajstić information content (AvgIpc) is 3.00. The van der Waals surface area contributed by atoms with Gasteiger partial charge in [0.05, 0.1) is 14.2 Å². The zero-order chi connectivity index (χ0) is 23.6. The SMILES string of the molecule is COC(=O)[C@@H]1C[C@@H]2CCCC[C@@H]2N1C(=O)c1ccc(OC)c(S(=O)(=O)N2CCCCCC2)c1. The van der Waals surface area contributed by atoms with Crippen molar-refractivity contribution in [2.24, 2.45) is 5.92 Å². The van der Waals surface area contributed by atoms with Gasteiger partial charge in [-0.2, -0.15) is 4.31 Å². The van der Waals surface area contributed by atoms with E-state index in [0.29, 0.717) is 19.5 Å². The molecular formula is C24H34N2O6S. The number of sulfonamides is 1. The van der Waals surface area contributed by atoms with Crippen LogP contribution in [-0.4, -0.2) is 68.9 Å². The molecule has 0 unspecified atom stereocenters. The van der Waals surface area contributed by atoms with Crippen molar-refractivity contribution in [1.82, 2.24) is 9.21 Å². The molecule has 182 valence electrons. The summed E-state index contributed by atoms with van der Waals surface area (Å²) in [5.41, 5.74) is 0.254. The van der Waals surface area contributed by atoms with Gasteiger partial charge in [0.2, 0.25) is 10.0 Å². The summed E-state index contributed by atoms with van der Waals surface area (Å²) in [6.07, 6.45) is 8.18. The Bertz CT molecular complexity index is 987. The van der Waals surface area contributed by atoms with Crippen molar-refractivity contribution in [3.05, 3.63) is 23.8 Å². The second-order valence-corrected chi connectivity index (χ2v) is 11.2. The third-order valence-corrected chi connectivity index (χ3v) is 9.31. The molecule has 0 bridgehead atoms. The minimum atomic E-state index is -3.82. The van der Waals surface area contributed by atoms with E-state index < -0.39 is 22.0 Å². The molecule has 33 heavy (non-hydrogen) atoms. The fourth-order valence-electron chi connectivity index (χ4n) is 5.68. The first kappa shape index (κ1) is 24.0. The molecule has 1 aromatic rings. The van der Waals surface area contributed by atoms with Crippen LogP contribution in [0.3, 0.4) is 0 Å². The molecule has 0 aromatic heterocycles. The van der Waals surface area contributed by atoms with Crippen molar-refractivity contribution in [2.75, 3.05) is 27.3 Å². The Kier molecular flexibility index (Phi) is 7.28. The summed E-state index contributed by atoms with van der Waals surface area (Å²) in [4.78, 5) is 27.9. The van der Waals surface area contributed by atoms with Gasteiger partial charge in [-0.3, -0.25) is 4.79 Å². The molecule has 3 atom stereocenters. The molecular weight excluding hydrogens is 444 g/mol. The lowest BCUT2D eigenvalue weighted by Crippen LogP contribution is -2.46. The Balaban J connectivity index is 1.70. The third-order valence-electron chi connectivity index (χ3n) is 7.39. The summed E-state index contributed by atoms with van der Waals surface area (Å²) in [5.74, 6) is -0.249. The Hall–Kier alpha value is -2.13. The highest BCUT2D eigenvalue weighted by Gasteiger charge is 2.48.